The molecule has 0 spiro atoms. The van der Waals surface area contributed by atoms with Crippen molar-refractivity contribution in [3.8, 4) is 6.07 Å². The summed E-state index contributed by atoms with van der Waals surface area (Å²) in [5.41, 5.74) is 0.222. The SMILES string of the molecule is CN(C)c1ccc(/C=C(/C#N)C(=O)Nc2cccc(Cl)c2Cl)o1. The average molecular weight is 350 g/mol. The maximum atomic E-state index is 12.2. The molecule has 0 fully saturated rings. The van der Waals surface area contributed by atoms with Gasteiger partial charge in [-0.15, -0.1) is 0 Å². The number of carbonyl (C=O) groups excluding carboxylic acids is 1. The first kappa shape index (κ1) is 16.9. The fraction of sp³-hybridized carbons (Fsp3) is 0.125. The van der Waals surface area contributed by atoms with Gasteiger partial charge in [0.25, 0.3) is 5.91 Å². The Bertz CT molecular complexity index is 804. The van der Waals surface area contributed by atoms with E-state index >= 15 is 0 Å². The van der Waals surface area contributed by atoms with E-state index in [1.54, 1.807) is 35.2 Å². The number of amides is 1. The number of hydrogen-bond acceptors (Lipinski definition) is 4. The minimum Gasteiger partial charge on any atom is -0.441 e. The largest absolute Gasteiger partial charge is 0.441 e. The molecule has 7 heteroatoms. The zero-order valence-corrected chi connectivity index (χ0v) is 13.9. The molecule has 0 unspecified atom stereocenters. The van der Waals surface area contributed by atoms with E-state index < -0.39 is 5.91 Å². The predicted octanol–water partition coefficient (Wildman–Crippen LogP) is 4.20. The summed E-state index contributed by atoms with van der Waals surface area (Å²) in [6, 6.07) is 10.1. The van der Waals surface area contributed by atoms with E-state index in [0.717, 1.165) is 0 Å². The number of nitriles is 1. The van der Waals surface area contributed by atoms with Gasteiger partial charge in [0.15, 0.2) is 5.88 Å². The molecule has 0 saturated heterocycles. The molecule has 118 valence electrons. The van der Waals surface area contributed by atoms with Gasteiger partial charge >= 0.3 is 0 Å². The summed E-state index contributed by atoms with van der Waals surface area (Å²) in [5.74, 6) is 0.420. The summed E-state index contributed by atoms with van der Waals surface area (Å²) in [4.78, 5) is 14.0. The molecule has 0 saturated carbocycles. The lowest BCUT2D eigenvalue weighted by molar-refractivity contribution is -0.112. The van der Waals surface area contributed by atoms with Gasteiger partial charge in [0.1, 0.15) is 17.4 Å². The number of carbonyl (C=O) groups is 1. The van der Waals surface area contributed by atoms with Crippen molar-refractivity contribution in [2.75, 3.05) is 24.3 Å². The van der Waals surface area contributed by atoms with E-state index in [-0.39, 0.29) is 10.6 Å². The topological polar surface area (TPSA) is 69.3 Å². The van der Waals surface area contributed by atoms with Crippen LogP contribution in [0.4, 0.5) is 11.6 Å². The van der Waals surface area contributed by atoms with Crippen LogP contribution in [-0.2, 0) is 4.79 Å². The highest BCUT2D eigenvalue weighted by molar-refractivity contribution is 6.44. The first-order valence-corrected chi connectivity index (χ1v) is 7.32. The summed E-state index contributed by atoms with van der Waals surface area (Å²) >= 11 is 11.9. The van der Waals surface area contributed by atoms with Crippen molar-refractivity contribution in [2.45, 2.75) is 0 Å². The Morgan fingerprint density at radius 3 is 2.65 bits per heavy atom. The van der Waals surface area contributed by atoms with Gasteiger partial charge in [-0.05, 0) is 18.2 Å². The van der Waals surface area contributed by atoms with Crippen molar-refractivity contribution in [1.29, 1.82) is 5.26 Å². The normalized spacial score (nSPS) is 11.0. The molecule has 5 nitrogen and oxygen atoms in total. The number of furan rings is 1. The van der Waals surface area contributed by atoms with Crippen LogP contribution < -0.4 is 10.2 Å². The minimum absolute atomic E-state index is 0.110. The Morgan fingerprint density at radius 1 is 1.30 bits per heavy atom. The number of anilines is 2. The Morgan fingerprint density at radius 2 is 2.04 bits per heavy atom. The number of nitrogens with zero attached hydrogens (tertiary/aromatic N) is 2. The van der Waals surface area contributed by atoms with Gasteiger partial charge < -0.3 is 14.6 Å². The van der Waals surface area contributed by atoms with Crippen molar-refractivity contribution >= 4 is 46.8 Å². The molecule has 0 bridgehead atoms. The third kappa shape index (κ3) is 4.07. The number of hydrogen-bond donors (Lipinski definition) is 1. The molecule has 0 aliphatic heterocycles. The maximum absolute atomic E-state index is 12.2. The molecule has 1 heterocycles. The fourth-order valence-corrected chi connectivity index (χ4v) is 2.09. The number of benzene rings is 1. The second-order valence-electron chi connectivity index (χ2n) is 4.80. The van der Waals surface area contributed by atoms with Gasteiger partial charge in [0.2, 0.25) is 0 Å². The van der Waals surface area contributed by atoms with Crippen molar-refractivity contribution in [3.63, 3.8) is 0 Å². The van der Waals surface area contributed by atoms with Gasteiger partial charge in [-0.1, -0.05) is 29.3 Å². The summed E-state index contributed by atoms with van der Waals surface area (Å²) < 4.78 is 5.49. The van der Waals surface area contributed by atoms with Gasteiger partial charge in [0.05, 0.1) is 15.7 Å². The predicted molar refractivity (Wildman–Crippen MR) is 91.7 cm³/mol. The molecule has 0 radical (unpaired) electrons. The lowest BCUT2D eigenvalue weighted by atomic mass is 10.2. The molecular formula is C16H13Cl2N3O2. The summed E-state index contributed by atoms with van der Waals surface area (Å²) in [6.45, 7) is 0. The molecule has 2 aromatic rings. The Hall–Kier alpha value is -2.42. The third-order valence-electron chi connectivity index (χ3n) is 2.90. The quantitative estimate of drug-likeness (QED) is 0.663. The van der Waals surface area contributed by atoms with Crippen LogP contribution in [0.15, 0.2) is 40.3 Å². The molecule has 1 aromatic carbocycles. The zero-order valence-electron chi connectivity index (χ0n) is 12.4. The smallest absolute Gasteiger partial charge is 0.266 e. The number of halogens is 2. The first-order valence-electron chi connectivity index (χ1n) is 6.56. The third-order valence-corrected chi connectivity index (χ3v) is 3.72. The van der Waals surface area contributed by atoms with E-state index in [1.165, 1.54) is 6.08 Å². The fourth-order valence-electron chi connectivity index (χ4n) is 1.74. The average Bonchev–Trinajstić information content (AvgIpc) is 2.98. The van der Waals surface area contributed by atoms with Gasteiger partial charge in [-0.2, -0.15) is 5.26 Å². The highest BCUT2D eigenvalue weighted by Gasteiger charge is 2.14. The first-order chi connectivity index (χ1) is 10.9. The van der Waals surface area contributed by atoms with Crippen molar-refractivity contribution < 1.29 is 9.21 Å². The van der Waals surface area contributed by atoms with Gasteiger partial charge in [0, 0.05) is 26.2 Å². The second-order valence-corrected chi connectivity index (χ2v) is 5.58. The van der Waals surface area contributed by atoms with E-state index in [0.29, 0.717) is 22.4 Å². The molecule has 1 amide bonds. The highest BCUT2D eigenvalue weighted by atomic mass is 35.5. The molecule has 1 N–H and O–H groups in total. The molecular weight excluding hydrogens is 337 g/mol. The lowest BCUT2D eigenvalue weighted by Gasteiger charge is -2.07. The molecule has 2 rings (SSSR count). The van der Waals surface area contributed by atoms with Crippen LogP contribution in [0.1, 0.15) is 5.76 Å². The Kier molecular flexibility index (Phi) is 5.32. The standard InChI is InChI=1S/C16H13Cl2N3O2/c1-21(2)14-7-6-11(23-14)8-10(9-19)16(22)20-13-5-3-4-12(17)15(13)18/h3-8H,1-2H3,(H,20,22)/b10-8-. The Labute approximate surface area is 143 Å². The van der Waals surface area contributed by atoms with Crippen LogP contribution in [-0.4, -0.2) is 20.0 Å². The van der Waals surface area contributed by atoms with Crippen LogP contribution in [0, 0.1) is 11.3 Å². The van der Waals surface area contributed by atoms with Crippen molar-refractivity contribution in [2.24, 2.45) is 0 Å². The highest BCUT2D eigenvalue weighted by Crippen LogP contribution is 2.29. The van der Waals surface area contributed by atoms with Gasteiger partial charge in [-0.3, -0.25) is 4.79 Å². The van der Waals surface area contributed by atoms with E-state index in [2.05, 4.69) is 5.32 Å². The van der Waals surface area contributed by atoms with E-state index in [1.807, 2.05) is 20.2 Å². The molecule has 0 aliphatic rings. The summed E-state index contributed by atoms with van der Waals surface area (Å²) in [7, 11) is 3.65. The number of rotatable bonds is 4. The van der Waals surface area contributed by atoms with Crippen LogP contribution in [0.2, 0.25) is 10.0 Å². The van der Waals surface area contributed by atoms with Crippen molar-refractivity contribution in [1.82, 2.24) is 0 Å². The summed E-state index contributed by atoms with van der Waals surface area (Å²) in [5, 5.41) is 12.3. The zero-order chi connectivity index (χ0) is 17.0. The molecule has 0 aliphatic carbocycles. The second kappa shape index (κ2) is 7.23. The number of nitrogens with one attached hydrogen (secondary N) is 1. The molecule has 23 heavy (non-hydrogen) atoms. The van der Waals surface area contributed by atoms with Gasteiger partial charge in [-0.25, -0.2) is 0 Å². The van der Waals surface area contributed by atoms with Crippen LogP contribution in [0.25, 0.3) is 6.08 Å². The maximum Gasteiger partial charge on any atom is 0.266 e. The van der Waals surface area contributed by atoms with Crippen LogP contribution in [0.3, 0.4) is 0 Å². The lowest BCUT2D eigenvalue weighted by Crippen LogP contribution is -2.13. The minimum atomic E-state index is -0.598. The molecule has 0 atom stereocenters. The van der Waals surface area contributed by atoms with E-state index in [4.69, 9.17) is 27.6 Å². The van der Waals surface area contributed by atoms with Crippen LogP contribution >= 0.6 is 23.2 Å². The van der Waals surface area contributed by atoms with E-state index in [9.17, 15) is 10.1 Å². The summed E-state index contributed by atoms with van der Waals surface area (Å²) in [6.07, 6.45) is 1.36. The monoisotopic (exact) mass is 349 g/mol. The van der Waals surface area contributed by atoms with Crippen molar-refractivity contribution in [3.05, 3.63) is 51.7 Å². The van der Waals surface area contributed by atoms with Crippen LogP contribution in [0.5, 0.6) is 0 Å². The Balaban J connectivity index is 2.23. The molecule has 1 aromatic heterocycles.